The summed E-state index contributed by atoms with van der Waals surface area (Å²) in [7, 11) is -2.40. The zero-order valence-electron chi connectivity index (χ0n) is 8.31. The van der Waals surface area contributed by atoms with Crippen LogP contribution in [0.15, 0.2) is 29.2 Å². The summed E-state index contributed by atoms with van der Waals surface area (Å²) in [5.41, 5.74) is 1.03. The van der Waals surface area contributed by atoms with Crippen molar-refractivity contribution in [2.24, 2.45) is 0 Å². The molecule has 1 aromatic carbocycles. The van der Waals surface area contributed by atoms with Gasteiger partial charge in [-0.15, -0.1) is 0 Å². The fourth-order valence-electron chi connectivity index (χ4n) is 1.54. The maximum atomic E-state index is 11.9. The number of hydrogen-bond donors (Lipinski definition) is 0. The highest BCUT2D eigenvalue weighted by Crippen LogP contribution is 2.39. The molecular weight excluding hydrogens is 248 g/mol. The molecule has 0 bridgehead atoms. The van der Waals surface area contributed by atoms with Crippen molar-refractivity contribution in [3.05, 3.63) is 34.7 Å². The van der Waals surface area contributed by atoms with Gasteiger partial charge in [0.25, 0.3) is 10.0 Å². The molecule has 1 heterocycles. The SMILES string of the molecule is CN1c2ccccc2C(Cl)=C(C#N)S1(=O)=O. The summed E-state index contributed by atoms with van der Waals surface area (Å²) in [6.45, 7) is 0. The Morgan fingerprint density at radius 2 is 2.00 bits per heavy atom. The number of rotatable bonds is 0. The molecule has 0 aromatic heterocycles. The summed E-state index contributed by atoms with van der Waals surface area (Å²) in [6.07, 6.45) is 0. The van der Waals surface area contributed by atoms with Gasteiger partial charge >= 0.3 is 0 Å². The van der Waals surface area contributed by atoms with E-state index < -0.39 is 14.9 Å². The molecule has 6 heteroatoms. The first kappa shape index (κ1) is 11.0. The molecule has 0 radical (unpaired) electrons. The molecule has 0 atom stereocenters. The third kappa shape index (κ3) is 1.31. The number of hydrogen-bond acceptors (Lipinski definition) is 3. The van der Waals surface area contributed by atoms with E-state index in [0.29, 0.717) is 11.3 Å². The van der Waals surface area contributed by atoms with Crippen LogP contribution in [0.1, 0.15) is 5.56 Å². The fourth-order valence-corrected chi connectivity index (χ4v) is 3.18. The lowest BCUT2D eigenvalue weighted by atomic mass is 10.1. The molecule has 0 N–H and O–H groups in total. The monoisotopic (exact) mass is 254 g/mol. The van der Waals surface area contributed by atoms with E-state index in [2.05, 4.69) is 0 Å². The fraction of sp³-hybridized carbons (Fsp3) is 0.100. The van der Waals surface area contributed by atoms with Crippen molar-refractivity contribution in [3.63, 3.8) is 0 Å². The third-order valence-electron chi connectivity index (χ3n) is 2.40. The highest BCUT2D eigenvalue weighted by Gasteiger charge is 2.34. The van der Waals surface area contributed by atoms with E-state index in [9.17, 15) is 8.42 Å². The van der Waals surface area contributed by atoms with E-state index in [-0.39, 0.29) is 5.03 Å². The van der Waals surface area contributed by atoms with Gasteiger partial charge in [-0.3, -0.25) is 4.31 Å². The number of allylic oxidation sites excluding steroid dienone is 1. The van der Waals surface area contributed by atoms with Gasteiger partial charge in [-0.25, -0.2) is 8.42 Å². The molecule has 0 spiro atoms. The van der Waals surface area contributed by atoms with Crippen molar-refractivity contribution in [1.29, 1.82) is 5.26 Å². The Kier molecular flexibility index (Phi) is 2.41. The summed E-state index contributed by atoms with van der Waals surface area (Å²) in [6, 6.07) is 8.41. The van der Waals surface area contributed by atoms with E-state index in [1.807, 2.05) is 0 Å². The first-order chi connectivity index (χ1) is 7.50. The van der Waals surface area contributed by atoms with E-state index in [0.717, 1.165) is 4.31 Å². The van der Waals surface area contributed by atoms with Crippen molar-refractivity contribution in [3.8, 4) is 6.07 Å². The highest BCUT2D eigenvalue weighted by atomic mass is 35.5. The molecule has 2 rings (SSSR count). The normalized spacial score (nSPS) is 17.9. The lowest BCUT2D eigenvalue weighted by molar-refractivity contribution is 0.601. The molecular formula is C10H7ClN2O2S. The number of halogens is 1. The van der Waals surface area contributed by atoms with Crippen molar-refractivity contribution in [2.45, 2.75) is 0 Å². The average molecular weight is 255 g/mol. The Balaban J connectivity index is 2.88. The Morgan fingerprint density at radius 1 is 1.38 bits per heavy atom. The molecule has 0 fully saturated rings. The summed E-state index contributed by atoms with van der Waals surface area (Å²) in [5.74, 6) is 0. The average Bonchev–Trinajstić information content (AvgIpc) is 2.27. The molecule has 0 unspecified atom stereocenters. The van der Waals surface area contributed by atoms with E-state index in [1.54, 1.807) is 30.3 Å². The van der Waals surface area contributed by atoms with Crippen LogP contribution in [0, 0.1) is 11.3 Å². The molecule has 0 amide bonds. The largest absolute Gasteiger partial charge is 0.275 e. The number of nitriles is 1. The summed E-state index contributed by atoms with van der Waals surface area (Å²) in [4.78, 5) is -0.407. The van der Waals surface area contributed by atoms with Gasteiger partial charge in [-0.2, -0.15) is 5.26 Å². The maximum absolute atomic E-state index is 11.9. The van der Waals surface area contributed by atoms with Crippen LogP contribution in [0.2, 0.25) is 0 Å². The van der Waals surface area contributed by atoms with Gasteiger partial charge in [0.2, 0.25) is 0 Å². The first-order valence-electron chi connectivity index (χ1n) is 4.38. The van der Waals surface area contributed by atoms with Gasteiger partial charge in [0.15, 0.2) is 4.91 Å². The Bertz CT molecular complexity index is 628. The number of fused-ring (bicyclic) bond motifs is 1. The summed E-state index contributed by atoms with van der Waals surface area (Å²) >= 11 is 5.91. The molecule has 0 saturated heterocycles. The molecule has 1 aromatic rings. The van der Waals surface area contributed by atoms with Crippen LogP contribution < -0.4 is 4.31 Å². The number of anilines is 1. The summed E-state index contributed by atoms with van der Waals surface area (Å²) in [5, 5.41) is 8.82. The van der Waals surface area contributed by atoms with E-state index in [1.165, 1.54) is 7.05 Å². The predicted molar refractivity (Wildman–Crippen MR) is 62.2 cm³/mol. The Morgan fingerprint density at radius 3 is 2.62 bits per heavy atom. The standard InChI is InChI=1S/C10H7ClN2O2S/c1-13-8-5-3-2-4-7(8)10(11)9(6-12)16(13,14)15/h2-5H,1H3. The Labute approximate surface area is 98.4 Å². The lowest BCUT2D eigenvalue weighted by Gasteiger charge is -2.26. The van der Waals surface area contributed by atoms with Crippen LogP contribution >= 0.6 is 11.6 Å². The van der Waals surface area contributed by atoms with E-state index in [4.69, 9.17) is 16.9 Å². The minimum absolute atomic E-state index is 0.0174. The smallest absolute Gasteiger partial charge is 0.268 e. The second-order valence-corrected chi connectivity index (χ2v) is 5.53. The number of nitrogens with zero attached hydrogens (tertiary/aromatic N) is 2. The number of sulfonamides is 1. The van der Waals surface area contributed by atoms with Crippen LogP contribution in [0.3, 0.4) is 0 Å². The van der Waals surface area contributed by atoms with Gasteiger partial charge in [-0.1, -0.05) is 29.8 Å². The quantitative estimate of drug-likeness (QED) is 0.710. The van der Waals surface area contributed by atoms with Gasteiger partial charge < -0.3 is 0 Å². The highest BCUT2D eigenvalue weighted by molar-refractivity contribution is 7.97. The van der Waals surface area contributed by atoms with Gasteiger partial charge in [0.05, 0.1) is 10.7 Å². The van der Waals surface area contributed by atoms with Crippen molar-refractivity contribution >= 4 is 32.3 Å². The lowest BCUT2D eigenvalue weighted by Crippen LogP contribution is -2.31. The zero-order chi connectivity index (χ0) is 11.9. The Hall–Kier alpha value is -1.51. The molecule has 1 aliphatic rings. The molecule has 82 valence electrons. The van der Waals surface area contributed by atoms with Crippen LogP contribution in [0.4, 0.5) is 5.69 Å². The third-order valence-corrected chi connectivity index (χ3v) is 4.63. The maximum Gasteiger partial charge on any atom is 0.275 e. The number of benzene rings is 1. The molecule has 1 aliphatic heterocycles. The minimum atomic E-state index is -3.80. The van der Waals surface area contributed by atoms with Crippen LogP contribution in [0.25, 0.3) is 5.03 Å². The zero-order valence-corrected chi connectivity index (χ0v) is 9.88. The first-order valence-corrected chi connectivity index (χ1v) is 6.20. The topological polar surface area (TPSA) is 61.2 Å². The predicted octanol–water partition coefficient (Wildman–Crippen LogP) is 1.90. The van der Waals surface area contributed by atoms with Crippen molar-refractivity contribution < 1.29 is 8.42 Å². The van der Waals surface area contributed by atoms with Gasteiger partial charge in [0.1, 0.15) is 6.07 Å². The molecule has 0 aliphatic carbocycles. The molecule has 0 saturated carbocycles. The van der Waals surface area contributed by atoms with Crippen molar-refractivity contribution in [2.75, 3.05) is 11.4 Å². The van der Waals surface area contributed by atoms with Gasteiger partial charge in [0, 0.05) is 12.6 Å². The van der Waals surface area contributed by atoms with Crippen LogP contribution in [-0.2, 0) is 10.0 Å². The van der Waals surface area contributed by atoms with Crippen molar-refractivity contribution in [1.82, 2.24) is 0 Å². The van der Waals surface area contributed by atoms with E-state index >= 15 is 0 Å². The molecule has 16 heavy (non-hydrogen) atoms. The number of para-hydroxylation sites is 1. The second-order valence-electron chi connectivity index (χ2n) is 3.24. The van der Waals surface area contributed by atoms with Gasteiger partial charge in [-0.05, 0) is 6.07 Å². The van der Waals surface area contributed by atoms with Crippen LogP contribution in [0.5, 0.6) is 0 Å². The minimum Gasteiger partial charge on any atom is -0.268 e. The molecule has 4 nitrogen and oxygen atoms in total. The van der Waals surface area contributed by atoms with Crippen LogP contribution in [-0.4, -0.2) is 15.5 Å². The summed E-state index contributed by atoms with van der Waals surface area (Å²) < 4.78 is 24.8. The second kappa shape index (κ2) is 3.51.